The van der Waals surface area contributed by atoms with Crippen LogP contribution in [0.15, 0.2) is 18.2 Å². The molecule has 0 aliphatic rings. The van der Waals surface area contributed by atoms with Crippen LogP contribution in [0.1, 0.15) is 12.5 Å². The van der Waals surface area contributed by atoms with Crippen LogP contribution in [0.25, 0.3) is 10.1 Å². The fraction of sp³-hybridized carbons (Fsp3) is 0.200. The maximum Gasteiger partial charge on any atom is 0.175 e. The van der Waals surface area contributed by atoms with Gasteiger partial charge in [0.15, 0.2) is 5.06 Å². The van der Waals surface area contributed by atoms with Gasteiger partial charge in [0, 0.05) is 15.6 Å². The summed E-state index contributed by atoms with van der Waals surface area (Å²) in [5.74, 6) is 0.250. The van der Waals surface area contributed by atoms with Crippen LogP contribution < -0.4 is 0 Å². The molecular weight excluding hydrogens is 184 g/mol. The number of aryl methyl sites for hydroxylation is 1. The third kappa shape index (κ3) is 1.25. The zero-order valence-electron chi connectivity index (χ0n) is 7.24. The normalized spacial score (nSPS) is 10.8. The number of thiophene rings is 1. The van der Waals surface area contributed by atoms with Gasteiger partial charge in [-0.05, 0) is 24.6 Å². The first-order valence-corrected chi connectivity index (χ1v) is 4.97. The van der Waals surface area contributed by atoms with Crippen molar-refractivity contribution in [1.82, 2.24) is 0 Å². The van der Waals surface area contributed by atoms with Gasteiger partial charge in [-0.25, -0.2) is 0 Å². The number of phenols is 1. The summed E-state index contributed by atoms with van der Waals surface area (Å²) >= 11 is 1.36. The monoisotopic (exact) mass is 194 g/mol. The second-order valence-electron chi connectivity index (χ2n) is 2.92. The Morgan fingerprint density at radius 3 is 2.77 bits per heavy atom. The first-order valence-electron chi connectivity index (χ1n) is 4.15. The average molecular weight is 194 g/mol. The molecule has 1 heterocycles. The van der Waals surface area contributed by atoms with E-state index >= 15 is 0 Å². The highest BCUT2D eigenvalue weighted by atomic mass is 32.1. The van der Waals surface area contributed by atoms with Gasteiger partial charge >= 0.3 is 0 Å². The zero-order valence-corrected chi connectivity index (χ0v) is 8.06. The van der Waals surface area contributed by atoms with Crippen LogP contribution >= 0.6 is 11.3 Å². The first kappa shape index (κ1) is 8.38. The Hall–Kier alpha value is -1.22. The molecule has 2 nitrogen and oxygen atoms in total. The van der Waals surface area contributed by atoms with Gasteiger partial charge in [0.2, 0.25) is 0 Å². The van der Waals surface area contributed by atoms with Crippen molar-refractivity contribution in [2.24, 2.45) is 0 Å². The fourth-order valence-electron chi connectivity index (χ4n) is 1.47. The van der Waals surface area contributed by atoms with Crippen molar-refractivity contribution in [2.75, 3.05) is 0 Å². The third-order valence-electron chi connectivity index (χ3n) is 2.11. The van der Waals surface area contributed by atoms with Crippen molar-refractivity contribution in [2.45, 2.75) is 13.3 Å². The molecule has 0 aliphatic carbocycles. The molecule has 0 spiro atoms. The molecule has 2 N–H and O–H groups in total. The minimum absolute atomic E-state index is 0.250. The van der Waals surface area contributed by atoms with Gasteiger partial charge in [0.25, 0.3) is 0 Å². The van der Waals surface area contributed by atoms with E-state index in [1.165, 1.54) is 11.3 Å². The zero-order chi connectivity index (χ0) is 9.42. The molecule has 1 aromatic heterocycles. The molecule has 0 atom stereocenters. The lowest BCUT2D eigenvalue weighted by Crippen LogP contribution is -1.76. The largest absolute Gasteiger partial charge is 0.508 e. The topological polar surface area (TPSA) is 40.5 Å². The van der Waals surface area contributed by atoms with Gasteiger partial charge in [-0.3, -0.25) is 0 Å². The van der Waals surface area contributed by atoms with Crippen molar-refractivity contribution in [1.29, 1.82) is 0 Å². The molecule has 0 unspecified atom stereocenters. The highest BCUT2D eigenvalue weighted by Gasteiger charge is 2.09. The molecule has 68 valence electrons. The van der Waals surface area contributed by atoms with Gasteiger partial charge < -0.3 is 10.2 Å². The molecule has 2 rings (SSSR count). The lowest BCUT2D eigenvalue weighted by Gasteiger charge is -1.95. The van der Waals surface area contributed by atoms with Crippen molar-refractivity contribution in [3.8, 4) is 10.8 Å². The van der Waals surface area contributed by atoms with Crippen molar-refractivity contribution < 1.29 is 10.2 Å². The number of hydrogen-bond acceptors (Lipinski definition) is 3. The smallest absolute Gasteiger partial charge is 0.175 e. The van der Waals surface area contributed by atoms with Crippen molar-refractivity contribution in [3.63, 3.8) is 0 Å². The van der Waals surface area contributed by atoms with Gasteiger partial charge in [-0.2, -0.15) is 0 Å². The molecule has 1 aromatic carbocycles. The van der Waals surface area contributed by atoms with Gasteiger partial charge in [-0.15, -0.1) is 0 Å². The minimum atomic E-state index is 0.250. The van der Waals surface area contributed by atoms with E-state index in [9.17, 15) is 10.2 Å². The van der Waals surface area contributed by atoms with Crippen LogP contribution in [0.3, 0.4) is 0 Å². The Morgan fingerprint density at radius 2 is 2.08 bits per heavy atom. The Bertz CT molecular complexity index is 445. The number of fused-ring (bicyclic) bond motifs is 1. The van der Waals surface area contributed by atoms with Crippen LogP contribution in [0, 0.1) is 0 Å². The highest BCUT2D eigenvalue weighted by molar-refractivity contribution is 7.20. The Morgan fingerprint density at radius 1 is 1.31 bits per heavy atom. The van der Waals surface area contributed by atoms with Crippen molar-refractivity contribution >= 4 is 21.4 Å². The molecule has 0 saturated heterocycles. The predicted octanol–water partition coefficient (Wildman–Crippen LogP) is 2.87. The van der Waals surface area contributed by atoms with Crippen LogP contribution in [0.5, 0.6) is 10.8 Å². The Kier molecular flexibility index (Phi) is 1.88. The van der Waals surface area contributed by atoms with Crippen LogP contribution in [0.4, 0.5) is 0 Å². The van der Waals surface area contributed by atoms with E-state index in [0.717, 1.165) is 22.1 Å². The summed E-state index contributed by atoms with van der Waals surface area (Å²) in [6, 6.07) is 5.16. The van der Waals surface area contributed by atoms with Gasteiger partial charge in [-0.1, -0.05) is 18.3 Å². The first-order chi connectivity index (χ1) is 6.22. The molecule has 3 heteroatoms. The molecule has 0 bridgehead atoms. The molecule has 13 heavy (non-hydrogen) atoms. The number of benzene rings is 1. The van der Waals surface area contributed by atoms with E-state index in [2.05, 4.69) is 0 Å². The maximum atomic E-state index is 9.56. The summed E-state index contributed by atoms with van der Waals surface area (Å²) in [6.45, 7) is 1.99. The number of hydrogen-bond donors (Lipinski definition) is 2. The minimum Gasteiger partial charge on any atom is -0.508 e. The Balaban J connectivity index is 2.80. The van der Waals surface area contributed by atoms with E-state index in [-0.39, 0.29) is 5.75 Å². The molecule has 0 saturated carbocycles. The van der Waals surface area contributed by atoms with E-state index in [0.29, 0.717) is 5.06 Å². The summed E-state index contributed by atoms with van der Waals surface area (Å²) in [6.07, 6.45) is 0.787. The van der Waals surface area contributed by atoms with Gasteiger partial charge in [0.05, 0.1) is 0 Å². The molecular formula is C10H10O2S. The van der Waals surface area contributed by atoms with Crippen LogP contribution in [-0.4, -0.2) is 10.2 Å². The highest BCUT2D eigenvalue weighted by Crippen LogP contribution is 2.38. The standard InChI is InChI=1S/C10H10O2S/c1-2-7-8-5-6(11)3-4-9(8)13-10(7)12/h3-5,11-12H,2H2,1H3. The molecule has 0 amide bonds. The lowest BCUT2D eigenvalue weighted by atomic mass is 10.1. The second kappa shape index (κ2) is 2.92. The fourth-order valence-corrected chi connectivity index (χ4v) is 2.48. The summed E-state index contributed by atoms with van der Waals surface area (Å²) < 4.78 is 1.02. The number of phenolic OH excluding ortho intramolecular Hbond substituents is 1. The molecule has 2 aromatic rings. The third-order valence-corrected chi connectivity index (χ3v) is 3.12. The van der Waals surface area contributed by atoms with Crippen LogP contribution in [0.2, 0.25) is 0 Å². The molecule has 0 fully saturated rings. The second-order valence-corrected chi connectivity index (χ2v) is 3.95. The number of rotatable bonds is 1. The summed E-state index contributed by atoms with van der Waals surface area (Å²) in [5.41, 5.74) is 0.927. The van der Waals surface area contributed by atoms with Gasteiger partial charge in [0.1, 0.15) is 5.75 Å². The lowest BCUT2D eigenvalue weighted by molar-refractivity contribution is 0.476. The van der Waals surface area contributed by atoms with Crippen LogP contribution in [-0.2, 0) is 6.42 Å². The molecule has 0 radical (unpaired) electrons. The molecule has 0 aliphatic heterocycles. The van der Waals surface area contributed by atoms with E-state index < -0.39 is 0 Å². The SMILES string of the molecule is CCc1c(O)sc2ccc(O)cc12. The average Bonchev–Trinajstić information content (AvgIpc) is 2.40. The van der Waals surface area contributed by atoms with Crippen molar-refractivity contribution in [3.05, 3.63) is 23.8 Å². The number of aromatic hydroxyl groups is 2. The van der Waals surface area contributed by atoms with E-state index in [1.54, 1.807) is 12.1 Å². The summed E-state index contributed by atoms with van der Waals surface area (Å²) in [7, 11) is 0. The summed E-state index contributed by atoms with van der Waals surface area (Å²) in [5, 5.41) is 20.2. The maximum absolute atomic E-state index is 9.56. The van der Waals surface area contributed by atoms with E-state index in [4.69, 9.17) is 0 Å². The Labute approximate surface area is 80.1 Å². The van der Waals surface area contributed by atoms with E-state index in [1.807, 2.05) is 13.0 Å². The summed E-state index contributed by atoms with van der Waals surface area (Å²) in [4.78, 5) is 0. The quantitative estimate of drug-likeness (QED) is 0.732. The predicted molar refractivity (Wildman–Crippen MR) is 54.5 cm³/mol.